The second kappa shape index (κ2) is 5.51. The molecule has 1 rings (SSSR count). The van der Waals surface area contributed by atoms with E-state index in [9.17, 15) is 0 Å². The lowest BCUT2D eigenvalue weighted by atomic mass is 10.2. The van der Waals surface area contributed by atoms with Crippen LogP contribution in [0.15, 0.2) is 0 Å². The van der Waals surface area contributed by atoms with Crippen molar-refractivity contribution in [3.63, 3.8) is 0 Å². The molecule has 1 saturated heterocycles. The van der Waals surface area contributed by atoms with Crippen molar-refractivity contribution < 1.29 is 10.1 Å². The summed E-state index contributed by atoms with van der Waals surface area (Å²) in [5.41, 5.74) is 0. The molecule has 0 aliphatic carbocycles. The van der Waals surface area contributed by atoms with Crippen LogP contribution in [0.5, 0.6) is 0 Å². The van der Waals surface area contributed by atoms with Crippen LogP contribution in [0.25, 0.3) is 0 Å². The van der Waals surface area contributed by atoms with Gasteiger partial charge in [0.2, 0.25) is 0 Å². The van der Waals surface area contributed by atoms with E-state index in [1.54, 1.807) is 7.11 Å². The summed E-state index contributed by atoms with van der Waals surface area (Å²) in [6.45, 7) is 4.37. The maximum Gasteiger partial charge on any atom is 0.0645 e. The molecular formula is C9H20N2O. The molecule has 2 N–H and O–H groups in total. The Morgan fingerprint density at radius 1 is 1.67 bits per heavy atom. The fourth-order valence-corrected chi connectivity index (χ4v) is 1.83. The van der Waals surface area contributed by atoms with E-state index >= 15 is 0 Å². The summed E-state index contributed by atoms with van der Waals surface area (Å²) >= 11 is 0. The Labute approximate surface area is 75.1 Å². The molecule has 1 aliphatic rings. The molecule has 0 radical (unpaired) electrons. The average molecular weight is 172 g/mol. The van der Waals surface area contributed by atoms with Gasteiger partial charge in [-0.3, -0.25) is 4.90 Å². The molecule has 0 aromatic carbocycles. The zero-order valence-corrected chi connectivity index (χ0v) is 7.96. The molecule has 0 unspecified atom stereocenters. The number of ether oxygens (including phenoxy) is 1. The van der Waals surface area contributed by atoms with E-state index < -0.39 is 0 Å². The van der Waals surface area contributed by atoms with Gasteiger partial charge >= 0.3 is 0 Å². The first-order valence-electron chi connectivity index (χ1n) is 4.72. The van der Waals surface area contributed by atoms with Crippen molar-refractivity contribution in [1.29, 1.82) is 0 Å². The van der Waals surface area contributed by atoms with E-state index in [0.29, 0.717) is 6.04 Å². The molecule has 72 valence electrons. The molecule has 0 bridgehead atoms. The molecular weight excluding hydrogens is 152 g/mol. The number of likely N-dealkylation sites (tertiary alicyclic amines) is 1. The normalized spacial score (nSPS) is 25.0. The van der Waals surface area contributed by atoms with Crippen LogP contribution >= 0.6 is 0 Å². The van der Waals surface area contributed by atoms with Crippen LogP contribution in [0.3, 0.4) is 0 Å². The number of methoxy groups -OCH3 is 1. The van der Waals surface area contributed by atoms with Gasteiger partial charge < -0.3 is 10.1 Å². The third kappa shape index (κ3) is 2.73. The van der Waals surface area contributed by atoms with Crippen molar-refractivity contribution >= 4 is 0 Å². The Morgan fingerprint density at radius 3 is 3.17 bits per heavy atom. The topological polar surface area (TPSA) is 29.1 Å². The van der Waals surface area contributed by atoms with E-state index in [4.69, 9.17) is 4.74 Å². The van der Waals surface area contributed by atoms with Crippen molar-refractivity contribution in [3.8, 4) is 0 Å². The lowest BCUT2D eigenvalue weighted by Crippen LogP contribution is -2.78. The van der Waals surface area contributed by atoms with Gasteiger partial charge in [-0.1, -0.05) is 0 Å². The minimum absolute atomic E-state index is 0.662. The summed E-state index contributed by atoms with van der Waals surface area (Å²) in [7, 11) is 5.52. The Hall–Kier alpha value is -0.120. The van der Waals surface area contributed by atoms with Gasteiger partial charge in [0.1, 0.15) is 0 Å². The molecule has 0 amide bonds. The van der Waals surface area contributed by atoms with Crippen LogP contribution in [0.2, 0.25) is 0 Å². The Kier molecular flexibility index (Phi) is 4.58. The van der Waals surface area contributed by atoms with Gasteiger partial charge in [-0.15, -0.1) is 0 Å². The highest BCUT2D eigenvalue weighted by Crippen LogP contribution is 2.15. The second-order valence-electron chi connectivity index (χ2n) is 3.36. The molecule has 0 aromatic heterocycles. The summed E-state index contributed by atoms with van der Waals surface area (Å²) in [6.07, 6.45) is 2.62. The van der Waals surface area contributed by atoms with E-state index in [0.717, 1.165) is 19.7 Å². The lowest BCUT2D eigenvalue weighted by molar-refractivity contribution is -0.595. The number of quaternary nitrogens is 1. The molecule has 1 atom stereocenters. The van der Waals surface area contributed by atoms with Crippen LogP contribution in [0.1, 0.15) is 12.8 Å². The first kappa shape index (κ1) is 9.96. The molecule has 0 saturated carbocycles. The summed E-state index contributed by atoms with van der Waals surface area (Å²) in [5.74, 6) is 0. The molecule has 1 fully saturated rings. The van der Waals surface area contributed by atoms with Gasteiger partial charge in [-0.05, 0) is 19.4 Å². The zero-order valence-electron chi connectivity index (χ0n) is 7.96. The number of nitrogens with zero attached hydrogens (tertiary/aromatic N) is 1. The highest BCUT2D eigenvalue weighted by Gasteiger charge is 2.23. The van der Waals surface area contributed by atoms with Crippen LogP contribution in [-0.4, -0.2) is 44.3 Å². The van der Waals surface area contributed by atoms with Crippen LogP contribution in [-0.2, 0) is 4.74 Å². The maximum absolute atomic E-state index is 5.17. The number of nitrogens with two attached hydrogens (primary N) is 1. The molecule has 1 aliphatic heterocycles. The highest BCUT2D eigenvalue weighted by atomic mass is 16.5. The number of hydrogen-bond acceptors (Lipinski definition) is 2. The summed E-state index contributed by atoms with van der Waals surface area (Å²) in [4.78, 5) is 2.51. The monoisotopic (exact) mass is 172 g/mol. The lowest BCUT2D eigenvalue weighted by Gasteiger charge is -2.22. The molecule has 3 nitrogen and oxygen atoms in total. The minimum atomic E-state index is 0.662. The highest BCUT2D eigenvalue weighted by molar-refractivity contribution is 4.78. The zero-order chi connectivity index (χ0) is 8.81. The minimum Gasteiger partial charge on any atom is -0.478 e. The van der Waals surface area contributed by atoms with Crippen LogP contribution in [0, 0.1) is 7.05 Å². The fraction of sp³-hybridized carbons (Fsp3) is 0.889. The predicted octanol–water partition coefficient (Wildman–Crippen LogP) is -0.548. The summed E-state index contributed by atoms with van der Waals surface area (Å²) < 4.78 is 5.17. The number of rotatable bonds is 5. The molecule has 0 spiro atoms. The second-order valence-corrected chi connectivity index (χ2v) is 3.36. The standard InChI is InChI=1S/C9H20N2O/c1-10-5-7-11-6-3-4-9(11)8-12-2/h9H,1,3-8,10H2,2H3/t9-/m1/s1. The molecule has 1 heterocycles. The quantitative estimate of drug-likeness (QED) is 0.564. The van der Waals surface area contributed by atoms with Gasteiger partial charge in [-0.2, -0.15) is 7.05 Å². The third-order valence-corrected chi connectivity index (χ3v) is 2.48. The first-order chi connectivity index (χ1) is 5.88. The van der Waals surface area contributed by atoms with E-state index in [-0.39, 0.29) is 0 Å². The van der Waals surface area contributed by atoms with E-state index in [2.05, 4.69) is 11.9 Å². The largest absolute Gasteiger partial charge is 0.478 e. The molecule has 12 heavy (non-hydrogen) atoms. The Bertz CT molecular complexity index is 119. The SMILES string of the molecule is [CH2-][NH2+]CCN1CCC[C@@H]1COC. The van der Waals surface area contributed by atoms with E-state index in [1.807, 2.05) is 5.32 Å². The Morgan fingerprint density at radius 2 is 2.50 bits per heavy atom. The van der Waals surface area contributed by atoms with Crippen molar-refractivity contribution in [2.75, 3.05) is 33.4 Å². The fourth-order valence-electron chi connectivity index (χ4n) is 1.83. The van der Waals surface area contributed by atoms with Crippen molar-refractivity contribution in [3.05, 3.63) is 7.05 Å². The first-order valence-corrected chi connectivity index (χ1v) is 4.72. The number of hydrogen-bond donors (Lipinski definition) is 1. The van der Waals surface area contributed by atoms with Gasteiger partial charge in [0.15, 0.2) is 0 Å². The van der Waals surface area contributed by atoms with Gasteiger partial charge in [0.25, 0.3) is 0 Å². The maximum atomic E-state index is 5.17. The van der Waals surface area contributed by atoms with Crippen molar-refractivity contribution in [2.45, 2.75) is 18.9 Å². The summed E-state index contributed by atoms with van der Waals surface area (Å²) in [6, 6.07) is 0.662. The van der Waals surface area contributed by atoms with Gasteiger partial charge in [-0.25, -0.2) is 0 Å². The Balaban J connectivity index is 2.20. The summed E-state index contributed by atoms with van der Waals surface area (Å²) in [5, 5.41) is 1.99. The third-order valence-electron chi connectivity index (χ3n) is 2.48. The van der Waals surface area contributed by atoms with Crippen molar-refractivity contribution in [1.82, 2.24) is 4.90 Å². The van der Waals surface area contributed by atoms with Gasteiger partial charge in [0, 0.05) is 19.7 Å². The smallest absolute Gasteiger partial charge is 0.0645 e. The van der Waals surface area contributed by atoms with Crippen LogP contribution < -0.4 is 5.32 Å². The van der Waals surface area contributed by atoms with Crippen molar-refractivity contribution in [2.24, 2.45) is 0 Å². The average Bonchev–Trinajstić information content (AvgIpc) is 2.50. The van der Waals surface area contributed by atoms with Gasteiger partial charge in [0.05, 0.1) is 13.2 Å². The molecule has 0 aromatic rings. The molecule has 3 heteroatoms. The van der Waals surface area contributed by atoms with E-state index in [1.165, 1.54) is 19.4 Å². The predicted molar refractivity (Wildman–Crippen MR) is 48.6 cm³/mol. The van der Waals surface area contributed by atoms with Crippen LogP contribution in [0.4, 0.5) is 0 Å².